The summed E-state index contributed by atoms with van der Waals surface area (Å²) < 4.78 is 19.0. The van der Waals surface area contributed by atoms with E-state index in [9.17, 15) is 4.39 Å². The van der Waals surface area contributed by atoms with Crippen molar-refractivity contribution in [3.8, 4) is 5.75 Å². The zero-order valence-electron chi connectivity index (χ0n) is 10.1. The number of fused-ring (bicyclic) bond motifs is 1. The third-order valence-electron chi connectivity index (χ3n) is 3.04. The first-order valence-corrected chi connectivity index (χ1v) is 6.86. The maximum atomic E-state index is 13.2. The summed E-state index contributed by atoms with van der Waals surface area (Å²) in [5.41, 5.74) is 0.861. The van der Waals surface area contributed by atoms with Crippen LogP contribution in [0.15, 0.2) is 30.3 Å². The van der Waals surface area contributed by atoms with Crippen LogP contribution < -0.4 is 10.1 Å². The van der Waals surface area contributed by atoms with Crippen molar-refractivity contribution in [1.82, 2.24) is 0 Å². The summed E-state index contributed by atoms with van der Waals surface area (Å²) in [7, 11) is 0. The molecule has 0 saturated carbocycles. The van der Waals surface area contributed by atoms with Gasteiger partial charge in [-0.3, -0.25) is 0 Å². The van der Waals surface area contributed by atoms with Crippen LogP contribution in [-0.2, 0) is 6.42 Å². The molecular weight excluding hydrogens is 249 g/mol. The molecule has 0 saturated heterocycles. The number of thiophene rings is 1. The average molecular weight is 263 g/mol. The van der Waals surface area contributed by atoms with Gasteiger partial charge in [0.2, 0.25) is 0 Å². The minimum absolute atomic E-state index is 0.0235. The zero-order valence-corrected chi connectivity index (χ0v) is 10.9. The first kappa shape index (κ1) is 11.5. The Hall–Kier alpha value is -1.55. The fourth-order valence-electron chi connectivity index (χ4n) is 2.05. The first-order chi connectivity index (χ1) is 8.76. The summed E-state index contributed by atoms with van der Waals surface area (Å²) >= 11 is 1.76. The van der Waals surface area contributed by atoms with Crippen molar-refractivity contribution in [2.75, 3.05) is 11.9 Å². The molecule has 0 amide bonds. The predicted molar refractivity (Wildman–Crippen MR) is 72.0 cm³/mol. The number of halogens is 1. The Bertz CT molecular complexity index is 567. The van der Waals surface area contributed by atoms with Gasteiger partial charge in [0.1, 0.15) is 11.6 Å². The van der Waals surface area contributed by atoms with Crippen molar-refractivity contribution in [3.05, 3.63) is 45.9 Å². The van der Waals surface area contributed by atoms with Crippen molar-refractivity contribution in [2.45, 2.75) is 19.4 Å². The average Bonchev–Trinajstić information content (AvgIpc) is 2.86. The van der Waals surface area contributed by atoms with Crippen LogP contribution in [-0.4, -0.2) is 6.54 Å². The Morgan fingerprint density at radius 2 is 2.28 bits per heavy atom. The molecule has 1 aliphatic heterocycles. The van der Waals surface area contributed by atoms with Gasteiger partial charge in [-0.25, -0.2) is 4.39 Å². The summed E-state index contributed by atoms with van der Waals surface area (Å²) in [5.74, 6) is 0.328. The monoisotopic (exact) mass is 263 g/mol. The van der Waals surface area contributed by atoms with Gasteiger partial charge in [0.25, 0.3) is 0 Å². The summed E-state index contributed by atoms with van der Waals surface area (Å²) in [4.78, 5) is 2.54. The van der Waals surface area contributed by atoms with Gasteiger partial charge in [-0.1, -0.05) is 6.92 Å². The normalized spacial score (nSPS) is 17.8. The maximum Gasteiger partial charge on any atom is 0.150 e. The highest BCUT2D eigenvalue weighted by Crippen LogP contribution is 2.36. The number of hydrogen-bond acceptors (Lipinski definition) is 3. The van der Waals surface area contributed by atoms with Crippen LogP contribution in [0.25, 0.3) is 0 Å². The number of rotatable bonds is 2. The lowest BCUT2D eigenvalue weighted by molar-refractivity contribution is 0.213. The molecule has 2 heterocycles. The highest BCUT2D eigenvalue weighted by molar-refractivity contribution is 7.12. The SMILES string of the molecule is CCc1ccc(C2CNc3ccc(F)cc3O2)s1. The number of ether oxygens (including phenoxy) is 1. The standard InChI is InChI=1S/C14H14FNOS/c1-2-10-4-6-14(18-10)13-8-16-11-5-3-9(15)7-12(11)17-13/h3-7,13,16H,2,8H2,1H3. The molecule has 18 heavy (non-hydrogen) atoms. The number of aryl methyl sites for hydroxylation is 1. The molecule has 4 heteroatoms. The quantitative estimate of drug-likeness (QED) is 0.884. The molecule has 1 aromatic heterocycles. The predicted octanol–water partition coefficient (Wildman–Crippen LogP) is 4.00. The van der Waals surface area contributed by atoms with Gasteiger partial charge in [-0.15, -0.1) is 11.3 Å². The molecule has 1 atom stereocenters. The minimum atomic E-state index is -0.267. The molecule has 2 aromatic rings. The van der Waals surface area contributed by atoms with E-state index in [0.29, 0.717) is 5.75 Å². The third-order valence-corrected chi connectivity index (χ3v) is 4.36. The van der Waals surface area contributed by atoms with E-state index in [2.05, 4.69) is 24.4 Å². The second-order valence-electron chi connectivity index (χ2n) is 4.29. The van der Waals surface area contributed by atoms with Crippen LogP contribution >= 0.6 is 11.3 Å². The molecule has 1 unspecified atom stereocenters. The fourth-order valence-corrected chi connectivity index (χ4v) is 3.04. The van der Waals surface area contributed by atoms with E-state index in [-0.39, 0.29) is 11.9 Å². The van der Waals surface area contributed by atoms with Crippen molar-refractivity contribution >= 4 is 17.0 Å². The highest BCUT2D eigenvalue weighted by Gasteiger charge is 2.22. The van der Waals surface area contributed by atoms with Gasteiger partial charge in [0.15, 0.2) is 6.10 Å². The van der Waals surface area contributed by atoms with Crippen molar-refractivity contribution < 1.29 is 9.13 Å². The molecular formula is C14H14FNOS. The van der Waals surface area contributed by atoms with E-state index in [4.69, 9.17) is 4.74 Å². The summed E-state index contributed by atoms with van der Waals surface area (Å²) in [6.07, 6.45) is 1.01. The van der Waals surface area contributed by atoms with Gasteiger partial charge in [-0.05, 0) is 30.7 Å². The second-order valence-corrected chi connectivity index (χ2v) is 5.49. The largest absolute Gasteiger partial charge is 0.481 e. The van der Waals surface area contributed by atoms with Crippen molar-refractivity contribution in [3.63, 3.8) is 0 Å². The number of anilines is 1. The topological polar surface area (TPSA) is 21.3 Å². The molecule has 2 nitrogen and oxygen atoms in total. The fraction of sp³-hybridized carbons (Fsp3) is 0.286. The van der Waals surface area contributed by atoms with E-state index in [1.807, 2.05) is 0 Å². The van der Waals surface area contributed by atoms with Gasteiger partial charge < -0.3 is 10.1 Å². The lowest BCUT2D eigenvalue weighted by Crippen LogP contribution is -2.22. The van der Waals surface area contributed by atoms with Crippen LogP contribution in [0.2, 0.25) is 0 Å². The Labute approximate surface area is 109 Å². The van der Waals surface area contributed by atoms with Crippen LogP contribution in [0.3, 0.4) is 0 Å². The number of benzene rings is 1. The van der Waals surface area contributed by atoms with E-state index in [1.165, 1.54) is 21.9 Å². The van der Waals surface area contributed by atoms with E-state index in [1.54, 1.807) is 17.4 Å². The highest BCUT2D eigenvalue weighted by atomic mass is 32.1. The Balaban J connectivity index is 1.85. The molecule has 1 aromatic carbocycles. The smallest absolute Gasteiger partial charge is 0.150 e. The molecule has 0 aliphatic carbocycles. The minimum Gasteiger partial charge on any atom is -0.481 e. The molecule has 0 bridgehead atoms. The van der Waals surface area contributed by atoms with Crippen LogP contribution in [0.5, 0.6) is 5.75 Å². The van der Waals surface area contributed by atoms with Crippen LogP contribution in [0, 0.1) is 5.82 Å². The number of hydrogen-bond donors (Lipinski definition) is 1. The molecule has 0 spiro atoms. The third kappa shape index (κ3) is 2.08. The second kappa shape index (κ2) is 4.61. The van der Waals surface area contributed by atoms with Crippen LogP contribution in [0.1, 0.15) is 22.8 Å². The zero-order chi connectivity index (χ0) is 12.5. The van der Waals surface area contributed by atoms with Crippen LogP contribution in [0.4, 0.5) is 10.1 Å². The van der Waals surface area contributed by atoms with Crippen molar-refractivity contribution in [1.29, 1.82) is 0 Å². The van der Waals surface area contributed by atoms with E-state index >= 15 is 0 Å². The Morgan fingerprint density at radius 3 is 3.06 bits per heavy atom. The maximum absolute atomic E-state index is 13.2. The summed E-state index contributed by atoms with van der Waals surface area (Å²) in [6.45, 7) is 2.86. The van der Waals surface area contributed by atoms with Crippen molar-refractivity contribution in [2.24, 2.45) is 0 Å². The first-order valence-electron chi connectivity index (χ1n) is 6.05. The molecule has 3 rings (SSSR count). The van der Waals surface area contributed by atoms with Gasteiger partial charge >= 0.3 is 0 Å². The van der Waals surface area contributed by atoms with Gasteiger partial charge in [0, 0.05) is 15.8 Å². The molecule has 0 fully saturated rings. The molecule has 1 N–H and O–H groups in total. The summed E-state index contributed by atoms with van der Waals surface area (Å²) in [6, 6.07) is 8.82. The van der Waals surface area contributed by atoms with Gasteiger partial charge in [0.05, 0.1) is 12.2 Å². The van der Waals surface area contributed by atoms with Gasteiger partial charge in [-0.2, -0.15) is 0 Å². The Morgan fingerprint density at radius 1 is 1.39 bits per heavy atom. The lowest BCUT2D eigenvalue weighted by Gasteiger charge is -2.26. The lowest BCUT2D eigenvalue weighted by atomic mass is 10.2. The van der Waals surface area contributed by atoms with E-state index in [0.717, 1.165) is 18.7 Å². The summed E-state index contributed by atoms with van der Waals surface area (Å²) in [5, 5.41) is 3.28. The van der Waals surface area contributed by atoms with E-state index < -0.39 is 0 Å². The number of nitrogens with one attached hydrogen (secondary N) is 1. The molecule has 94 valence electrons. The molecule has 1 aliphatic rings. The molecule has 0 radical (unpaired) electrons. The Kier molecular flexibility index (Phi) is 2.96.